The van der Waals surface area contributed by atoms with Crippen molar-refractivity contribution in [2.75, 3.05) is 79.7 Å². The predicted octanol–water partition coefficient (Wildman–Crippen LogP) is 5.79. The van der Waals surface area contributed by atoms with E-state index in [1.165, 1.54) is 22.3 Å². The van der Waals surface area contributed by atoms with E-state index in [1.807, 2.05) is 19.1 Å². The monoisotopic (exact) mass is 714 g/mol. The molecule has 3 aromatic carbocycles. The number of aromatic nitrogens is 2. The van der Waals surface area contributed by atoms with Gasteiger partial charge in [-0.15, -0.1) is 0 Å². The Kier molecular flexibility index (Phi) is 16.1. The lowest BCUT2D eigenvalue weighted by Crippen LogP contribution is -2.29. The molecule has 2 heterocycles. The average molecular weight is 715 g/mol. The summed E-state index contributed by atoms with van der Waals surface area (Å²) in [7, 11) is 1.64. The molecule has 280 valence electrons. The van der Waals surface area contributed by atoms with Crippen molar-refractivity contribution in [2.45, 2.75) is 52.0 Å². The molecule has 0 fully saturated rings. The van der Waals surface area contributed by atoms with E-state index < -0.39 is 0 Å². The molecule has 4 aromatic rings. The largest absolute Gasteiger partial charge is 0.493 e. The highest BCUT2D eigenvalue weighted by Gasteiger charge is 2.15. The molecule has 1 amide bonds. The van der Waals surface area contributed by atoms with Crippen molar-refractivity contribution in [3.05, 3.63) is 83.3 Å². The van der Waals surface area contributed by atoms with Crippen molar-refractivity contribution in [2.24, 2.45) is 0 Å². The normalized spacial score (nSPS) is 18.8. The Morgan fingerprint density at radius 2 is 1.54 bits per heavy atom. The average Bonchev–Trinajstić information content (AvgIpc) is 3.15. The maximum Gasteiger partial charge on any atom is 0.222 e. The second-order valence-electron chi connectivity index (χ2n) is 12.9. The summed E-state index contributed by atoms with van der Waals surface area (Å²) in [6.45, 7) is 9.98. The number of hydrogen-bond donors (Lipinski definition) is 2. The molecule has 0 aliphatic carbocycles. The Labute approximate surface area is 307 Å². The second-order valence-corrected chi connectivity index (χ2v) is 12.9. The van der Waals surface area contributed by atoms with Gasteiger partial charge in [-0.05, 0) is 60.4 Å². The van der Waals surface area contributed by atoms with Crippen molar-refractivity contribution in [3.8, 4) is 22.6 Å². The van der Waals surface area contributed by atoms with Gasteiger partial charge in [0.05, 0.1) is 71.2 Å². The quantitative estimate of drug-likeness (QED) is 0.251. The molecule has 1 aliphatic rings. The van der Waals surface area contributed by atoms with E-state index >= 15 is 0 Å². The van der Waals surface area contributed by atoms with Crippen molar-refractivity contribution in [1.29, 1.82) is 0 Å². The summed E-state index contributed by atoms with van der Waals surface area (Å²) >= 11 is 0. The van der Waals surface area contributed by atoms with Gasteiger partial charge in [-0.1, -0.05) is 55.5 Å². The summed E-state index contributed by atoms with van der Waals surface area (Å²) in [6.07, 6.45) is 3.14. The third-order valence-electron chi connectivity index (χ3n) is 9.02. The molecule has 0 spiro atoms. The van der Waals surface area contributed by atoms with Crippen LogP contribution in [0, 0.1) is 6.92 Å². The first-order valence-corrected chi connectivity index (χ1v) is 18.5. The van der Waals surface area contributed by atoms with Crippen LogP contribution in [0.3, 0.4) is 0 Å². The molecular weight excluding hydrogens is 660 g/mol. The summed E-state index contributed by atoms with van der Waals surface area (Å²) < 4.78 is 34.3. The third kappa shape index (κ3) is 12.2. The van der Waals surface area contributed by atoms with Crippen LogP contribution in [0.2, 0.25) is 0 Å². The number of amides is 1. The van der Waals surface area contributed by atoms with Crippen LogP contribution in [0.25, 0.3) is 22.0 Å². The number of benzene rings is 3. The number of rotatable bonds is 1. The van der Waals surface area contributed by atoms with Crippen molar-refractivity contribution in [3.63, 3.8) is 0 Å². The van der Waals surface area contributed by atoms with Gasteiger partial charge in [0.1, 0.15) is 12.4 Å². The topological polar surface area (TPSA) is 122 Å². The van der Waals surface area contributed by atoms with E-state index in [0.29, 0.717) is 96.4 Å². The van der Waals surface area contributed by atoms with Gasteiger partial charge in [-0.3, -0.25) is 4.79 Å². The Balaban J connectivity index is 1.25. The molecule has 1 aliphatic heterocycles. The van der Waals surface area contributed by atoms with Crippen LogP contribution in [0.1, 0.15) is 54.7 Å². The van der Waals surface area contributed by atoms with Crippen LogP contribution in [0.15, 0.2) is 60.7 Å². The first kappa shape index (κ1) is 39.1. The smallest absolute Gasteiger partial charge is 0.222 e. The van der Waals surface area contributed by atoms with Crippen LogP contribution < -0.4 is 20.1 Å². The molecule has 5 rings (SSSR count). The summed E-state index contributed by atoms with van der Waals surface area (Å²) in [6, 6.07) is 21.4. The number of fused-ring (bicyclic) bond motifs is 5. The molecule has 0 unspecified atom stereocenters. The van der Waals surface area contributed by atoms with Gasteiger partial charge in [0.2, 0.25) is 5.91 Å². The van der Waals surface area contributed by atoms with Crippen molar-refractivity contribution >= 4 is 16.8 Å². The Bertz CT molecular complexity index is 1700. The number of aryl methyl sites for hydroxylation is 2. The molecule has 11 nitrogen and oxygen atoms in total. The molecule has 0 saturated heterocycles. The molecular formula is C41H54N4O7. The Hall–Kier alpha value is -4.13. The zero-order valence-corrected chi connectivity index (χ0v) is 30.9. The fraction of sp³-hybridized carbons (Fsp3) is 0.488. The predicted molar refractivity (Wildman–Crippen MR) is 202 cm³/mol. The van der Waals surface area contributed by atoms with Crippen LogP contribution in [0.5, 0.6) is 11.5 Å². The lowest BCUT2D eigenvalue weighted by molar-refractivity contribution is -0.122. The highest BCUT2D eigenvalue weighted by Crippen LogP contribution is 2.34. The summed E-state index contributed by atoms with van der Waals surface area (Å²) in [4.78, 5) is 21.7. The maximum absolute atomic E-state index is 12.1. The molecule has 1 atom stereocenters. The number of ether oxygens (including phenoxy) is 6. The van der Waals surface area contributed by atoms with Gasteiger partial charge < -0.3 is 39.1 Å². The minimum atomic E-state index is -0.0514. The fourth-order valence-corrected chi connectivity index (χ4v) is 6.24. The molecule has 0 radical (unpaired) electrons. The van der Waals surface area contributed by atoms with Gasteiger partial charge in [-0.2, -0.15) is 0 Å². The highest BCUT2D eigenvalue weighted by atomic mass is 16.6. The molecule has 0 saturated carbocycles. The summed E-state index contributed by atoms with van der Waals surface area (Å²) in [5.41, 5.74) is 6.85. The maximum atomic E-state index is 12.1. The minimum absolute atomic E-state index is 0.0514. The minimum Gasteiger partial charge on any atom is -0.493 e. The fourth-order valence-electron chi connectivity index (χ4n) is 6.24. The molecule has 52 heavy (non-hydrogen) atoms. The molecule has 11 heteroatoms. The van der Waals surface area contributed by atoms with E-state index in [4.69, 9.17) is 38.4 Å². The molecule has 1 aromatic heterocycles. The number of nitrogens with zero attached hydrogens (tertiary/aromatic N) is 2. The van der Waals surface area contributed by atoms with Gasteiger partial charge >= 0.3 is 0 Å². The van der Waals surface area contributed by atoms with E-state index in [-0.39, 0.29) is 5.91 Å². The number of hydrogen-bond acceptors (Lipinski definition) is 10. The Morgan fingerprint density at radius 3 is 2.37 bits per heavy atom. The zero-order chi connectivity index (χ0) is 36.4. The van der Waals surface area contributed by atoms with E-state index in [0.717, 1.165) is 48.2 Å². The van der Waals surface area contributed by atoms with Crippen LogP contribution in [-0.4, -0.2) is 95.5 Å². The highest BCUT2D eigenvalue weighted by molar-refractivity contribution is 5.85. The van der Waals surface area contributed by atoms with Crippen LogP contribution >= 0.6 is 0 Å². The number of carbonyl (C=O) groups is 1. The number of methoxy groups -OCH3 is 1. The van der Waals surface area contributed by atoms with Gasteiger partial charge in [0, 0.05) is 37.5 Å². The van der Waals surface area contributed by atoms with E-state index in [1.54, 1.807) is 7.11 Å². The van der Waals surface area contributed by atoms with Crippen LogP contribution in [0.4, 0.5) is 0 Å². The molecule has 2 N–H and O–H groups in total. The zero-order valence-electron chi connectivity index (χ0n) is 30.9. The first-order chi connectivity index (χ1) is 25.5. The second kappa shape index (κ2) is 21.4. The lowest BCUT2D eigenvalue weighted by atomic mass is 9.91. The Morgan fingerprint density at radius 1 is 0.788 bits per heavy atom. The van der Waals surface area contributed by atoms with Crippen molar-refractivity contribution in [1.82, 2.24) is 20.6 Å². The standard InChI is InChI=1S/C41H54N4O7/c1-30-8-6-13-37-36-27-40(39(47-3)28-38(36)45-31(2)44-37)52-25-24-51-23-22-50-21-20-49-19-16-43-41(46)14-17-48-18-15-42-29-34-9-4-5-12-35(34)33-11-7-10-32(30)26-33/h4-5,7,9-12,26-28,30,42H,6,8,13-25,29H2,1-3H3,(H,43,46)/t30-/m0/s1. The summed E-state index contributed by atoms with van der Waals surface area (Å²) in [5, 5.41) is 7.34. The van der Waals surface area contributed by atoms with Crippen LogP contribution in [-0.2, 0) is 36.7 Å². The number of carbonyl (C=O) groups excluding carboxylic acids is 1. The number of nitrogens with one attached hydrogen (secondary N) is 2. The lowest BCUT2D eigenvalue weighted by Gasteiger charge is -2.16. The van der Waals surface area contributed by atoms with E-state index in [2.05, 4.69) is 66.1 Å². The third-order valence-corrected chi connectivity index (χ3v) is 9.02. The van der Waals surface area contributed by atoms with Gasteiger partial charge in [0.15, 0.2) is 11.5 Å². The van der Waals surface area contributed by atoms with Gasteiger partial charge in [0.25, 0.3) is 0 Å². The van der Waals surface area contributed by atoms with Gasteiger partial charge in [-0.25, -0.2) is 9.97 Å². The molecule has 4 bridgehead atoms. The van der Waals surface area contributed by atoms with E-state index in [9.17, 15) is 4.79 Å². The SMILES string of the molecule is COc1cc2nc(C)nc3c2cc1OCCOCCOCCOCCNC(=O)CCOCCNCc1ccccc1-c1cccc(c1)[C@@H](C)CCC3. The first-order valence-electron chi connectivity index (χ1n) is 18.5. The van der Waals surface area contributed by atoms with Crippen molar-refractivity contribution < 1.29 is 33.2 Å². The summed E-state index contributed by atoms with van der Waals surface area (Å²) in [5.74, 6) is 2.33.